The summed E-state index contributed by atoms with van der Waals surface area (Å²) < 4.78 is 68.4. The lowest BCUT2D eigenvalue weighted by atomic mass is 9.99. The lowest BCUT2D eigenvalue weighted by Crippen LogP contribution is -2.44. The molecule has 2 aromatic carbocycles. The number of carbonyl (C=O) groups is 1. The van der Waals surface area contributed by atoms with Crippen molar-refractivity contribution in [2.75, 3.05) is 27.6 Å². The summed E-state index contributed by atoms with van der Waals surface area (Å²) in [6.45, 7) is 1.22. The van der Waals surface area contributed by atoms with Crippen LogP contribution >= 0.6 is 23.1 Å². The highest BCUT2D eigenvalue weighted by Gasteiger charge is 2.39. The normalized spacial score (nSPS) is 18.4. The highest BCUT2D eigenvalue weighted by molar-refractivity contribution is 7.93. The van der Waals surface area contributed by atoms with Crippen molar-refractivity contribution < 1.29 is 26.4 Å². The van der Waals surface area contributed by atoms with Crippen molar-refractivity contribution in [1.82, 2.24) is 9.36 Å². The maximum Gasteiger partial charge on any atom is 0.452 e. The number of aromatic nitrogens is 2. The zero-order valence-corrected chi connectivity index (χ0v) is 20.9. The zero-order chi connectivity index (χ0) is 25.7. The number of benzene rings is 2. The molecule has 2 aliphatic heterocycles. The standard InChI is InChI=1S/C22H19ClF3N5O3S2/c23-14-3-8-17-13(12-14)2-1-10-31(17)18-9-11-30(19(18)32)15-4-6-16(7-5-15)36(33,34)29-21-27-20(28-35-21)22(24,25)26/h3-8,12,18H,1-2,9-11H2,(H,27,28,29)/t18-/m1/s1. The molecule has 1 N–H and O–H groups in total. The molecule has 0 aliphatic carbocycles. The van der Waals surface area contributed by atoms with E-state index >= 15 is 0 Å². The highest BCUT2D eigenvalue weighted by atomic mass is 35.5. The summed E-state index contributed by atoms with van der Waals surface area (Å²) in [5.74, 6) is -1.50. The van der Waals surface area contributed by atoms with Crippen LogP contribution in [0.15, 0.2) is 47.4 Å². The number of nitrogens with one attached hydrogen (secondary N) is 1. The predicted molar refractivity (Wildman–Crippen MR) is 130 cm³/mol. The lowest BCUT2D eigenvalue weighted by molar-refractivity contribution is -0.144. The molecule has 0 spiro atoms. The monoisotopic (exact) mass is 557 g/mol. The van der Waals surface area contributed by atoms with Gasteiger partial charge < -0.3 is 9.80 Å². The van der Waals surface area contributed by atoms with Crippen molar-refractivity contribution in [3.63, 3.8) is 0 Å². The van der Waals surface area contributed by atoms with Gasteiger partial charge in [-0.15, -0.1) is 0 Å². The summed E-state index contributed by atoms with van der Waals surface area (Å²) in [7, 11) is -4.20. The van der Waals surface area contributed by atoms with Gasteiger partial charge in [-0.3, -0.25) is 9.52 Å². The molecule has 14 heteroatoms. The Kier molecular flexibility index (Phi) is 6.33. The number of fused-ring (bicyclic) bond motifs is 1. The molecule has 36 heavy (non-hydrogen) atoms. The van der Waals surface area contributed by atoms with Crippen LogP contribution in [0.5, 0.6) is 0 Å². The zero-order valence-electron chi connectivity index (χ0n) is 18.5. The maximum atomic E-state index is 13.3. The van der Waals surface area contributed by atoms with Gasteiger partial charge in [0.1, 0.15) is 6.04 Å². The van der Waals surface area contributed by atoms with Gasteiger partial charge in [0.25, 0.3) is 10.0 Å². The van der Waals surface area contributed by atoms with Gasteiger partial charge >= 0.3 is 6.18 Å². The largest absolute Gasteiger partial charge is 0.452 e. The van der Waals surface area contributed by atoms with Crippen LogP contribution in [0.4, 0.5) is 29.7 Å². The number of carbonyl (C=O) groups excluding carboxylic acids is 1. The van der Waals surface area contributed by atoms with Gasteiger partial charge in [-0.2, -0.15) is 22.5 Å². The molecule has 0 saturated carbocycles. The molecule has 0 unspecified atom stereocenters. The quantitative estimate of drug-likeness (QED) is 0.494. The van der Waals surface area contributed by atoms with Crippen LogP contribution in [0.25, 0.3) is 0 Å². The molecule has 0 radical (unpaired) electrons. The fourth-order valence-corrected chi connectivity index (χ4v) is 6.49. The van der Waals surface area contributed by atoms with E-state index in [1.807, 2.05) is 22.9 Å². The molecule has 190 valence electrons. The van der Waals surface area contributed by atoms with E-state index in [1.54, 1.807) is 4.90 Å². The van der Waals surface area contributed by atoms with Crippen molar-refractivity contribution in [1.29, 1.82) is 0 Å². The molecule has 1 aromatic heterocycles. The second-order valence-electron chi connectivity index (χ2n) is 8.38. The fraction of sp³-hybridized carbons (Fsp3) is 0.318. The van der Waals surface area contributed by atoms with Crippen molar-refractivity contribution in [3.05, 3.63) is 58.9 Å². The van der Waals surface area contributed by atoms with Crippen LogP contribution in [0, 0.1) is 0 Å². The lowest BCUT2D eigenvalue weighted by Gasteiger charge is -2.35. The van der Waals surface area contributed by atoms with Gasteiger partial charge in [0, 0.05) is 41.0 Å². The number of hydrogen-bond acceptors (Lipinski definition) is 7. The number of alkyl halides is 3. The first-order chi connectivity index (χ1) is 17.0. The third-order valence-corrected chi connectivity index (χ3v) is 8.46. The van der Waals surface area contributed by atoms with E-state index in [-0.39, 0.29) is 16.8 Å². The highest BCUT2D eigenvalue weighted by Crippen LogP contribution is 2.35. The Hall–Kier alpha value is -2.90. The first kappa shape index (κ1) is 24.8. The van der Waals surface area contributed by atoms with E-state index in [0.717, 1.165) is 30.6 Å². The van der Waals surface area contributed by atoms with Crippen LogP contribution in [0.2, 0.25) is 5.02 Å². The number of anilines is 3. The molecule has 3 aromatic rings. The third kappa shape index (κ3) is 4.74. The minimum Gasteiger partial charge on any atom is -0.359 e. The molecule has 5 rings (SSSR count). The van der Waals surface area contributed by atoms with Crippen molar-refractivity contribution >= 4 is 55.6 Å². The molecule has 2 aliphatic rings. The van der Waals surface area contributed by atoms with E-state index in [4.69, 9.17) is 11.6 Å². The Morgan fingerprint density at radius 2 is 1.86 bits per heavy atom. The molecular weight excluding hydrogens is 539 g/mol. The fourth-order valence-electron chi connectivity index (χ4n) is 4.49. The minimum absolute atomic E-state index is 0.0833. The predicted octanol–water partition coefficient (Wildman–Crippen LogP) is 4.57. The summed E-state index contributed by atoms with van der Waals surface area (Å²) in [6.07, 6.45) is -2.35. The van der Waals surface area contributed by atoms with Crippen LogP contribution in [-0.4, -0.2) is 42.8 Å². The minimum atomic E-state index is -4.77. The molecule has 0 bridgehead atoms. The summed E-state index contributed by atoms with van der Waals surface area (Å²) in [5, 5.41) is 0.165. The van der Waals surface area contributed by atoms with Gasteiger partial charge in [-0.05, 0) is 67.3 Å². The van der Waals surface area contributed by atoms with Gasteiger partial charge in [-0.1, -0.05) is 11.6 Å². The van der Waals surface area contributed by atoms with E-state index in [1.165, 1.54) is 24.3 Å². The maximum absolute atomic E-state index is 13.3. The molecule has 1 atom stereocenters. The Bertz CT molecular complexity index is 1410. The van der Waals surface area contributed by atoms with E-state index in [0.29, 0.717) is 35.2 Å². The second kappa shape index (κ2) is 9.20. The summed E-state index contributed by atoms with van der Waals surface area (Å²) in [6, 6.07) is 10.9. The van der Waals surface area contributed by atoms with Crippen LogP contribution in [-0.2, 0) is 27.4 Å². The average molecular weight is 558 g/mol. The number of hydrogen-bond donors (Lipinski definition) is 1. The number of sulfonamides is 1. The number of amides is 1. The van der Waals surface area contributed by atoms with Gasteiger partial charge in [0.2, 0.25) is 16.9 Å². The topological polar surface area (TPSA) is 95.5 Å². The number of nitrogens with zero attached hydrogens (tertiary/aromatic N) is 4. The van der Waals surface area contributed by atoms with Crippen LogP contribution < -0.4 is 14.5 Å². The SMILES string of the molecule is O=C1[C@H](N2CCCc3cc(Cl)ccc32)CCN1c1ccc(S(=O)(=O)Nc2nc(C(F)(F)F)ns2)cc1. The summed E-state index contributed by atoms with van der Waals surface area (Å²) in [5.41, 5.74) is 2.65. The molecule has 1 fully saturated rings. The Balaban J connectivity index is 1.30. The second-order valence-corrected chi connectivity index (χ2v) is 11.3. The number of rotatable bonds is 5. The Morgan fingerprint density at radius 1 is 1.11 bits per heavy atom. The van der Waals surface area contributed by atoms with Crippen molar-refractivity contribution in [2.24, 2.45) is 0 Å². The average Bonchev–Trinajstić information content (AvgIpc) is 3.45. The summed E-state index contributed by atoms with van der Waals surface area (Å²) >= 11 is 6.43. The molecule has 3 heterocycles. The first-order valence-corrected chi connectivity index (χ1v) is 13.6. The van der Waals surface area contributed by atoms with Crippen LogP contribution in [0.1, 0.15) is 24.2 Å². The first-order valence-electron chi connectivity index (χ1n) is 10.9. The van der Waals surface area contributed by atoms with Crippen LogP contribution in [0.3, 0.4) is 0 Å². The van der Waals surface area contributed by atoms with E-state index < -0.39 is 27.2 Å². The Labute approximate surface area is 213 Å². The number of halogens is 4. The number of aryl methyl sites for hydroxylation is 1. The van der Waals surface area contributed by atoms with Crippen molar-refractivity contribution in [2.45, 2.75) is 36.4 Å². The summed E-state index contributed by atoms with van der Waals surface area (Å²) in [4.78, 5) is 20.0. The Morgan fingerprint density at radius 3 is 2.56 bits per heavy atom. The van der Waals surface area contributed by atoms with E-state index in [9.17, 15) is 26.4 Å². The van der Waals surface area contributed by atoms with Gasteiger partial charge in [0.05, 0.1) is 4.90 Å². The smallest absolute Gasteiger partial charge is 0.359 e. The third-order valence-electron chi connectivity index (χ3n) is 6.11. The molecule has 8 nitrogen and oxygen atoms in total. The van der Waals surface area contributed by atoms with Gasteiger partial charge in [-0.25, -0.2) is 8.42 Å². The molecule has 1 saturated heterocycles. The van der Waals surface area contributed by atoms with Crippen molar-refractivity contribution in [3.8, 4) is 0 Å². The molecule has 1 amide bonds. The molecular formula is C22H19ClF3N5O3S2. The van der Waals surface area contributed by atoms with E-state index in [2.05, 4.69) is 14.3 Å². The van der Waals surface area contributed by atoms with Gasteiger partial charge in [0.15, 0.2) is 0 Å².